The van der Waals surface area contributed by atoms with E-state index in [1.165, 1.54) is 25.2 Å². The van der Waals surface area contributed by atoms with E-state index in [9.17, 15) is 0 Å². The fourth-order valence-corrected chi connectivity index (χ4v) is 2.23. The van der Waals surface area contributed by atoms with E-state index in [1.807, 2.05) is 6.20 Å². The molecule has 1 aliphatic rings. The summed E-state index contributed by atoms with van der Waals surface area (Å²) in [7, 11) is 4.22. The number of halogens is 1. The molecule has 2 rings (SSSR count). The second-order valence-electron chi connectivity index (χ2n) is 3.64. The molecule has 0 bridgehead atoms. The summed E-state index contributed by atoms with van der Waals surface area (Å²) in [6, 6.07) is 0.510. The van der Waals surface area contributed by atoms with Gasteiger partial charge in [-0.25, -0.2) is 4.98 Å². The Balaban J connectivity index is 2.29. The first-order valence-corrected chi connectivity index (χ1v) is 5.37. The SMILES string of the molecule is CN1CCCC1c1ncc(Br)n1C. The highest BCUT2D eigenvalue weighted by Crippen LogP contribution is 2.30. The van der Waals surface area contributed by atoms with Gasteiger partial charge in [0.15, 0.2) is 0 Å². The molecule has 0 amide bonds. The summed E-state index contributed by atoms with van der Waals surface area (Å²) in [5, 5.41) is 0. The molecule has 1 aromatic rings. The highest BCUT2D eigenvalue weighted by molar-refractivity contribution is 9.10. The Morgan fingerprint density at radius 1 is 1.54 bits per heavy atom. The van der Waals surface area contributed by atoms with E-state index in [0.717, 1.165) is 4.60 Å². The van der Waals surface area contributed by atoms with E-state index in [4.69, 9.17) is 0 Å². The first-order chi connectivity index (χ1) is 6.20. The smallest absolute Gasteiger partial charge is 0.126 e. The molecule has 0 saturated carbocycles. The van der Waals surface area contributed by atoms with E-state index >= 15 is 0 Å². The van der Waals surface area contributed by atoms with E-state index in [1.54, 1.807) is 0 Å². The maximum Gasteiger partial charge on any atom is 0.126 e. The lowest BCUT2D eigenvalue weighted by molar-refractivity contribution is 0.300. The molecule has 1 unspecified atom stereocenters. The first kappa shape index (κ1) is 9.21. The highest BCUT2D eigenvalue weighted by Gasteiger charge is 2.26. The molecule has 0 radical (unpaired) electrons. The zero-order valence-corrected chi connectivity index (χ0v) is 9.58. The molecule has 2 heterocycles. The molecule has 0 N–H and O–H groups in total. The predicted octanol–water partition coefficient (Wildman–Crippen LogP) is 1.95. The van der Waals surface area contributed by atoms with Gasteiger partial charge < -0.3 is 4.57 Å². The molecule has 1 atom stereocenters. The van der Waals surface area contributed by atoms with Gasteiger partial charge in [0, 0.05) is 7.05 Å². The molecule has 0 aliphatic carbocycles. The number of rotatable bonds is 1. The molecule has 13 heavy (non-hydrogen) atoms. The third-order valence-corrected chi connectivity index (χ3v) is 3.52. The fraction of sp³-hybridized carbons (Fsp3) is 0.667. The minimum atomic E-state index is 0.510. The first-order valence-electron chi connectivity index (χ1n) is 4.57. The van der Waals surface area contributed by atoms with Crippen molar-refractivity contribution in [1.29, 1.82) is 0 Å². The third kappa shape index (κ3) is 1.53. The second-order valence-corrected chi connectivity index (χ2v) is 4.45. The van der Waals surface area contributed by atoms with Crippen LogP contribution in [0.5, 0.6) is 0 Å². The van der Waals surface area contributed by atoms with Crippen molar-refractivity contribution in [2.75, 3.05) is 13.6 Å². The summed E-state index contributed by atoms with van der Waals surface area (Å²) in [5.41, 5.74) is 0. The Kier molecular flexibility index (Phi) is 2.43. The molecule has 1 aromatic heterocycles. The summed E-state index contributed by atoms with van der Waals surface area (Å²) in [5.74, 6) is 1.17. The molecule has 0 spiro atoms. The zero-order valence-electron chi connectivity index (χ0n) is 8.00. The van der Waals surface area contributed by atoms with Crippen molar-refractivity contribution in [2.45, 2.75) is 18.9 Å². The van der Waals surface area contributed by atoms with Crippen molar-refractivity contribution >= 4 is 15.9 Å². The van der Waals surface area contributed by atoms with Gasteiger partial charge in [-0.05, 0) is 42.4 Å². The number of hydrogen-bond donors (Lipinski definition) is 0. The Morgan fingerprint density at radius 2 is 2.31 bits per heavy atom. The molecular weight excluding hydrogens is 230 g/mol. The van der Waals surface area contributed by atoms with Crippen LogP contribution in [0.4, 0.5) is 0 Å². The van der Waals surface area contributed by atoms with Crippen molar-refractivity contribution in [2.24, 2.45) is 7.05 Å². The van der Waals surface area contributed by atoms with Crippen LogP contribution in [0, 0.1) is 0 Å². The number of hydrogen-bond acceptors (Lipinski definition) is 2. The van der Waals surface area contributed by atoms with Gasteiger partial charge in [0.2, 0.25) is 0 Å². The van der Waals surface area contributed by atoms with Gasteiger partial charge in [-0.15, -0.1) is 0 Å². The highest BCUT2D eigenvalue weighted by atomic mass is 79.9. The average Bonchev–Trinajstić information content (AvgIpc) is 2.62. The summed E-state index contributed by atoms with van der Waals surface area (Å²) in [4.78, 5) is 6.79. The number of likely N-dealkylation sites (tertiary alicyclic amines) is 1. The van der Waals surface area contributed by atoms with Crippen LogP contribution in [0.25, 0.3) is 0 Å². The monoisotopic (exact) mass is 243 g/mol. The lowest BCUT2D eigenvalue weighted by Crippen LogP contribution is -2.20. The van der Waals surface area contributed by atoms with Crippen LogP contribution in [-0.4, -0.2) is 28.0 Å². The zero-order chi connectivity index (χ0) is 9.42. The van der Waals surface area contributed by atoms with Gasteiger partial charge in [0.1, 0.15) is 10.4 Å². The lowest BCUT2D eigenvalue weighted by atomic mass is 10.2. The molecule has 4 heteroatoms. The van der Waals surface area contributed by atoms with Gasteiger partial charge >= 0.3 is 0 Å². The third-order valence-electron chi connectivity index (χ3n) is 2.79. The van der Waals surface area contributed by atoms with Crippen LogP contribution in [0.2, 0.25) is 0 Å². The van der Waals surface area contributed by atoms with Crippen molar-refractivity contribution in [1.82, 2.24) is 14.5 Å². The number of imidazole rings is 1. The predicted molar refractivity (Wildman–Crippen MR) is 55.5 cm³/mol. The minimum Gasteiger partial charge on any atom is -0.325 e. The average molecular weight is 244 g/mol. The van der Waals surface area contributed by atoms with E-state index in [-0.39, 0.29) is 0 Å². The molecular formula is C9H14BrN3. The summed E-state index contributed by atoms with van der Waals surface area (Å²) < 4.78 is 3.18. The lowest BCUT2D eigenvalue weighted by Gasteiger charge is -2.18. The van der Waals surface area contributed by atoms with Crippen LogP contribution in [0.3, 0.4) is 0 Å². The van der Waals surface area contributed by atoms with Crippen LogP contribution in [0.1, 0.15) is 24.7 Å². The van der Waals surface area contributed by atoms with Gasteiger partial charge in [0.05, 0.1) is 12.2 Å². The van der Waals surface area contributed by atoms with Gasteiger partial charge in [-0.3, -0.25) is 4.90 Å². The van der Waals surface area contributed by atoms with Crippen molar-refractivity contribution in [3.63, 3.8) is 0 Å². The van der Waals surface area contributed by atoms with E-state index in [0.29, 0.717) is 6.04 Å². The quantitative estimate of drug-likeness (QED) is 0.752. The molecule has 0 aromatic carbocycles. The van der Waals surface area contributed by atoms with Crippen molar-refractivity contribution in [3.8, 4) is 0 Å². The van der Waals surface area contributed by atoms with Crippen LogP contribution < -0.4 is 0 Å². The van der Waals surface area contributed by atoms with Crippen molar-refractivity contribution in [3.05, 3.63) is 16.6 Å². The standard InChI is InChI=1S/C9H14BrN3/c1-12-5-3-4-7(12)9-11-6-8(10)13(9)2/h6-7H,3-5H2,1-2H3. The van der Waals surface area contributed by atoms with Crippen LogP contribution >= 0.6 is 15.9 Å². The summed E-state index contributed by atoms with van der Waals surface area (Å²) in [6.07, 6.45) is 4.39. The van der Waals surface area contributed by atoms with Gasteiger partial charge in [-0.2, -0.15) is 0 Å². The van der Waals surface area contributed by atoms with Gasteiger partial charge in [-0.1, -0.05) is 0 Å². The molecule has 1 aliphatic heterocycles. The maximum atomic E-state index is 4.42. The van der Waals surface area contributed by atoms with Crippen LogP contribution in [0.15, 0.2) is 10.8 Å². The van der Waals surface area contributed by atoms with Crippen molar-refractivity contribution < 1.29 is 0 Å². The Morgan fingerprint density at radius 3 is 2.77 bits per heavy atom. The fourth-order valence-electron chi connectivity index (χ4n) is 1.95. The molecule has 1 saturated heterocycles. The molecule has 72 valence electrons. The number of aromatic nitrogens is 2. The topological polar surface area (TPSA) is 21.1 Å². The van der Waals surface area contributed by atoms with E-state index < -0.39 is 0 Å². The van der Waals surface area contributed by atoms with Gasteiger partial charge in [0.25, 0.3) is 0 Å². The largest absolute Gasteiger partial charge is 0.325 e. The Hall–Kier alpha value is -0.350. The normalized spacial score (nSPS) is 24.1. The molecule has 1 fully saturated rings. The molecule has 3 nitrogen and oxygen atoms in total. The maximum absolute atomic E-state index is 4.42. The summed E-state index contributed by atoms with van der Waals surface area (Å²) in [6.45, 7) is 1.19. The Labute approximate surface area is 86.9 Å². The summed E-state index contributed by atoms with van der Waals surface area (Å²) >= 11 is 3.47. The Bertz CT molecular complexity index is 308. The minimum absolute atomic E-state index is 0.510. The van der Waals surface area contributed by atoms with E-state index in [2.05, 4.69) is 44.5 Å². The second kappa shape index (κ2) is 3.42. The van der Waals surface area contributed by atoms with Crippen LogP contribution in [-0.2, 0) is 7.05 Å². The number of nitrogens with zero attached hydrogens (tertiary/aromatic N) is 3.